The van der Waals surface area contributed by atoms with Gasteiger partial charge in [0.25, 0.3) is 0 Å². The van der Waals surface area contributed by atoms with Gasteiger partial charge in [0.15, 0.2) is 0 Å². The minimum Gasteiger partial charge on any atom is -0.492 e. The van der Waals surface area contributed by atoms with Gasteiger partial charge < -0.3 is 19.9 Å². The number of hydrogen-bond acceptors (Lipinski definition) is 6. The molecule has 0 aliphatic heterocycles. The van der Waals surface area contributed by atoms with Gasteiger partial charge in [-0.05, 0) is 67.5 Å². The predicted octanol–water partition coefficient (Wildman–Crippen LogP) is 7.29. The maximum absolute atomic E-state index is 14.7. The molecular weight excluding hydrogens is 569 g/mol. The molecule has 0 radical (unpaired) electrons. The number of nitrogens with one attached hydrogen (secondary N) is 3. The number of ether oxygens (including phenoxy) is 1. The third-order valence-corrected chi connectivity index (χ3v) is 7.36. The number of pyridine rings is 2. The second kappa shape index (κ2) is 12.1. The molecule has 0 fully saturated rings. The summed E-state index contributed by atoms with van der Waals surface area (Å²) >= 11 is 0. The first-order valence-electron chi connectivity index (χ1n) is 14.8. The Morgan fingerprint density at radius 2 is 1.76 bits per heavy atom. The monoisotopic (exact) mass is 605 g/mol. The number of aromatic amines is 2. The number of fused-ring (bicyclic) bond motifs is 2. The van der Waals surface area contributed by atoms with Gasteiger partial charge >= 0.3 is 0 Å². The summed E-state index contributed by atoms with van der Waals surface area (Å²) in [7, 11) is 3.92. The Hall–Kier alpha value is -5.09. The fourth-order valence-electron chi connectivity index (χ4n) is 5.29. The second-order valence-corrected chi connectivity index (χ2v) is 12.7. The van der Waals surface area contributed by atoms with Crippen LogP contribution in [0.15, 0.2) is 73.2 Å². The molecule has 0 saturated carbocycles. The number of amides is 1. The number of carbonyl (C=O) groups excluding carboxylic acids is 1. The molecule has 1 amide bonds. The third kappa shape index (κ3) is 6.86. The molecule has 230 valence electrons. The molecule has 0 spiro atoms. The lowest BCUT2D eigenvalue weighted by Crippen LogP contribution is -2.19. The highest BCUT2D eigenvalue weighted by Crippen LogP contribution is 2.36. The van der Waals surface area contributed by atoms with Crippen LogP contribution in [0, 0.1) is 11.2 Å². The zero-order valence-electron chi connectivity index (χ0n) is 26.0. The molecule has 0 aliphatic rings. The van der Waals surface area contributed by atoms with Gasteiger partial charge in [0.05, 0.1) is 28.8 Å². The normalized spacial score (nSPS) is 11.9. The van der Waals surface area contributed by atoms with Gasteiger partial charge in [-0.3, -0.25) is 19.9 Å². The number of aromatic nitrogens is 5. The number of anilines is 1. The molecule has 6 aromatic rings. The van der Waals surface area contributed by atoms with Crippen molar-refractivity contribution >= 4 is 33.4 Å². The van der Waals surface area contributed by atoms with Crippen LogP contribution >= 0.6 is 0 Å². The average Bonchev–Trinajstić information content (AvgIpc) is 3.59. The van der Waals surface area contributed by atoms with E-state index >= 15 is 0 Å². The first-order chi connectivity index (χ1) is 21.5. The lowest BCUT2D eigenvalue weighted by Gasteiger charge is -2.17. The van der Waals surface area contributed by atoms with Crippen LogP contribution in [0.5, 0.6) is 5.75 Å². The van der Waals surface area contributed by atoms with Gasteiger partial charge in [-0.15, -0.1) is 0 Å². The Bertz CT molecular complexity index is 2010. The van der Waals surface area contributed by atoms with Crippen LogP contribution < -0.4 is 10.1 Å². The number of rotatable bonds is 9. The number of nitrogens with zero attached hydrogens (tertiary/aromatic N) is 4. The largest absolute Gasteiger partial charge is 0.492 e. The van der Waals surface area contributed by atoms with E-state index in [-0.39, 0.29) is 17.1 Å². The summed E-state index contributed by atoms with van der Waals surface area (Å²) in [5.41, 5.74) is 6.87. The molecule has 0 aliphatic carbocycles. The summed E-state index contributed by atoms with van der Waals surface area (Å²) in [6, 6.07) is 16.5. The van der Waals surface area contributed by atoms with Crippen LogP contribution in [0.4, 0.5) is 10.1 Å². The van der Waals surface area contributed by atoms with Crippen molar-refractivity contribution in [3.05, 3.63) is 79.0 Å². The topological polar surface area (TPSA) is 112 Å². The van der Waals surface area contributed by atoms with Crippen molar-refractivity contribution in [1.82, 2.24) is 30.0 Å². The molecule has 4 heterocycles. The van der Waals surface area contributed by atoms with E-state index < -0.39 is 0 Å². The second-order valence-electron chi connectivity index (χ2n) is 12.7. The Balaban J connectivity index is 1.33. The van der Waals surface area contributed by atoms with Crippen LogP contribution in [0.3, 0.4) is 0 Å². The van der Waals surface area contributed by atoms with Crippen molar-refractivity contribution in [2.24, 2.45) is 5.41 Å². The fourth-order valence-corrected chi connectivity index (χ4v) is 5.29. The minimum absolute atomic E-state index is 0.0481. The molecule has 10 heteroatoms. The number of likely N-dealkylation sites (N-methyl/N-ethyl adjacent to an activating group) is 1. The molecule has 0 bridgehead atoms. The number of H-pyrrole nitrogens is 2. The number of hydrogen-bond donors (Lipinski definition) is 3. The molecule has 3 N–H and O–H groups in total. The van der Waals surface area contributed by atoms with Crippen molar-refractivity contribution in [1.29, 1.82) is 0 Å². The van der Waals surface area contributed by atoms with E-state index in [1.54, 1.807) is 18.6 Å². The SMILES string of the molecule is CN(C)CCOc1cc(F)cc(-c2nccc3[nH]c(-c4n[nH]c5ccc(-c6cncc(NC(=O)CC(C)(C)C)c6)cc45)cc23)c1. The predicted molar refractivity (Wildman–Crippen MR) is 177 cm³/mol. The highest BCUT2D eigenvalue weighted by Gasteiger charge is 2.18. The first kappa shape index (κ1) is 30.0. The fraction of sp³-hybridized carbons (Fsp3) is 0.257. The summed E-state index contributed by atoms with van der Waals surface area (Å²) in [5, 5.41) is 12.5. The van der Waals surface area contributed by atoms with E-state index in [1.807, 2.05) is 76.2 Å². The van der Waals surface area contributed by atoms with E-state index in [0.29, 0.717) is 35.7 Å². The Labute approximate surface area is 260 Å². The van der Waals surface area contributed by atoms with Crippen LogP contribution in [-0.2, 0) is 4.79 Å². The molecular formula is C35H36FN7O2. The smallest absolute Gasteiger partial charge is 0.224 e. The first-order valence-corrected chi connectivity index (χ1v) is 14.8. The van der Waals surface area contributed by atoms with Crippen LogP contribution in [0.1, 0.15) is 27.2 Å². The Morgan fingerprint density at radius 1 is 0.933 bits per heavy atom. The Kier molecular flexibility index (Phi) is 8.07. The molecule has 45 heavy (non-hydrogen) atoms. The lowest BCUT2D eigenvalue weighted by atomic mass is 9.92. The van der Waals surface area contributed by atoms with E-state index in [0.717, 1.165) is 50.9 Å². The van der Waals surface area contributed by atoms with E-state index in [4.69, 9.17) is 4.74 Å². The molecule has 2 aromatic carbocycles. The summed E-state index contributed by atoms with van der Waals surface area (Å²) < 4.78 is 20.5. The van der Waals surface area contributed by atoms with E-state index in [1.165, 1.54) is 12.1 Å². The molecule has 0 atom stereocenters. The van der Waals surface area contributed by atoms with Crippen LogP contribution in [0.2, 0.25) is 0 Å². The van der Waals surface area contributed by atoms with Crippen molar-refractivity contribution in [3.63, 3.8) is 0 Å². The van der Waals surface area contributed by atoms with Crippen molar-refractivity contribution in [2.45, 2.75) is 27.2 Å². The van der Waals surface area contributed by atoms with E-state index in [9.17, 15) is 9.18 Å². The minimum atomic E-state index is -0.389. The Morgan fingerprint density at radius 3 is 2.56 bits per heavy atom. The molecule has 9 nitrogen and oxygen atoms in total. The molecule has 6 rings (SSSR count). The summed E-state index contributed by atoms with van der Waals surface area (Å²) in [4.78, 5) is 27.0. The average molecular weight is 606 g/mol. The quantitative estimate of drug-likeness (QED) is 0.160. The van der Waals surface area contributed by atoms with Gasteiger partial charge in [-0.1, -0.05) is 26.8 Å². The molecule has 0 saturated heterocycles. The summed E-state index contributed by atoms with van der Waals surface area (Å²) in [6.07, 6.45) is 5.54. The van der Waals surface area contributed by atoms with Crippen molar-refractivity contribution in [2.75, 3.05) is 32.6 Å². The zero-order valence-corrected chi connectivity index (χ0v) is 26.0. The maximum Gasteiger partial charge on any atom is 0.224 e. The standard InChI is InChI=1S/C35H36FN7O2/c1-35(2,3)18-32(44)39-25-13-23(19-37-20-25)21-6-7-30-27(15-21)34(42-41-30)31-17-28-29(40-31)8-9-38-33(28)22-12-24(36)16-26(14-22)45-11-10-43(4)5/h6-9,12-17,19-20,40H,10-11,18H2,1-5H3,(H,39,44)(H,41,42). The number of halogens is 1. The van der Waals surface area contributed by atoms with Gasteiger partial charge in [0.2, 0.25) is 5.91 Å². The third-order valence-electron chi connectivity index (χ3n) is 7.36. The summed E-state index contributed by atoms with van der Waals surface area (Å²) in [5.74, 6) is 0.0210. The molecule has 0 unspecified atom stereocenters. The van der Waals surface area contributed by atoms with Crippen molar-refractivity contribution in [3.8, 4) is 39.5 Å². The van der Waals surface area contributed by atoms with E-state index in [2.05, 4.69) is 36.5 Å². The number of carbonyl (C=O) groups is 1. The highest BCUT2D eigenvalue weighted by molar-refractivity contribution is 6.01. The maximum atomic E-state index is 14.7. The van der Waals surface area contributed by atoms with Crippen LogP contribution in [0.25, 0.3) is 55.6 Å². The zero-order chi connectivity index (χ0) is 31.7. The number of benzene rings is 2. The van der Waals surface area contributed by atoms with Crippen LogP contribution in [-0.4, -0.2) is 63.2 Å². The van der Waals surface area contributed by atoms with Gasteiger partial charge in [0, 0.05) is 58.8 Å². The van der Waals surface area contributed by atoms with Gasteiger partial charge in [-0.2, -0.15) is 5.10 Å². The highest BCUT2D eigenvalue weighted by atomic mass is 19.1. The lowest BCUT2D eigenvalue weighted by molar-refractivity contribution is -0.117. The van der Waals surface area contributed by atoms with Gasteiger partial charge in [-0.25, -0.2) is 4.39 Å². The van der Waals surface area contributed by atoms with Gasteiger partial charge in [0.1, 0.15) is 23.9 Å². The van der Waals surface area contributed by atoms with Crippen molar-refractivity contribution < 1.29 is 13.9 Å². The summed E-state index contributed by atoms with van der Waals surface area (Å²) in [6.45, 7) is 7.26. The molecule has 4 aromatic heterocycles.